The summed E-state index contributed by atoms with van der Waals surface area (Å²) in [4.78, 5) is 12.5. The van der Waals surface area contributed by atoms with E-state index >= 15 is 0 Å². The number of ether oxygens (including phenoxy) is 1. The van der Waals surface area contributed by atoms with Gasteiger partial charge in [-0.1, -0.05) is 17.8 Å². The summed E-state index contributed by atoms with van der Waals surface area (Å²) in [5.74, 6) is -1.55. The molecule has 2 aromatic carbocycles. The second kappa shape index (κ2) is 7.83. The number of aromatic nitrogens is 4. The summed E-state index contributed by atoms with van der Waals surface area (Å²) < 4.78 is 33.8. The van der Waals surface area contributed by atoms with Gasteiger partial charge in [-0.05, 0) is 54.1 Å². The van der Waals surface area contributed by atoms with E-state index in [4.69, 9.17) is 4.74 Å². The normalized spacial score (nSPS) is 12.0. The minimum atomic E-state index is -0.896. The smallest absolute Gasteiger partial charge is 0.214 e. The van der Waals surface area contributed by atoms with Crippen molar-refractivity contribution in [1.29, 1.82) is 0 Å². The van der Waals surface area contributed by atoms with Crippen LogP contribution in [0.4, 0.5) is 8.78 Å². The second-order valence-corrected chi connectivity index (χ2v) is 7.11. The van der Waals surface area contributed by atoms with Crippen LogP contribution in [0.15, 0.2) is 41.6 Å². The Hall–Kier alpha value is -2.81. The molecule has 0 saturated carbocycles. The number of rotatable bonds is 6. The van der Waals surface area contributed by atoms with Gasteiger partial charge in [0.15, 0.2) is 5.78 Å². The molecule has 3 rings (SSSR count). The number of nitrogens with zero attached hydrogens (tertiary/aromatic N) is 4. The molecule has 0 aliphatic heterocycles. The monoisotopic (exact) mass is 390 g/mol. The molecule has 0 radical (unpaired) electrons. The Morgan fingerprint density at radius 2 is 2.00 bits per heavy atom. The van der Waals surface area contributed by atoms with Gasteiger partial charge < -0.3 is 4.74 Å². The van der Waals surface area contributed by atoms with Gasteiger partial charge in [-0.3, -0.25) is 4.79 Å². The van der Waals surface area contributed by atoms with Crippen molar-refractivity contribution in [2.75, 3.05) is 7.11 Å². The molecule has 1 aromatic heterocycles. The van der Waals surface area contributed by atoms with E-state index in [-0.39, 0.29) is 5.56 Å². The maximum absolute atomic E-state index is 13.9. The van der Waals surface area contributed by atoms with Gasteiger partial charge in [-0.2, -0.15) is 4.68 Å². The van der Waals surface area contributed by atoms with Crippen molar-refractivity contribution in [3.8, 4) is 11.4 Å². The molecule has 3 aromatic rings. The van der Waals surface area contributed by atoms with Crippen molar-refractivity contribution < 1.29 is 18.3 Å². The number of aryl methyl sites for hydroxylation is 1. The molecule has 0 amide bonds. The molecule has 0 spiro atoms. The molecule has 0 saturated heterocycles. The van der Waals surface area contributed by atoms with E-state index in [0.717, 1.165) is 29.5 Å². The maximum atomic E-state index is 13.9. The summed E-state index contributed by atoms with van der Waals surface area (Å²) in [5.41, 5.74) is 1.43. The molecule has 1 unspecified atom stereocenters. The Bertz CT molecular complexity index is 993. The zero-order chi connectivity index (χ0) is 19.6. The number of halogens is 2. The van der Waals surface area contributed by atoms with E-state index in [1.54, 1.807) is 13.0 Å². The molecule has 9 heteroatoms. The van der Waals surface area contributed by atoms with Crippen LogP contribution in [0, 0.1) is 18.6 Å². The van der Waals surface area contributed by atoms with Crippen LogP contribution in [0.3, 0.4) is 0 Å². The molecule has 140 valence electrons. The Kier molecular flexibility index (Phi) is 5.50. The molecule has 1 heterocycles. The van der Waals surface area contributed by atoms with Gasteiger partial charge in [-0.25, -0.2) is 8.78 Å². The highest BCUT2D eigenvalue weighted by molar-refractivity contribution is 8.00. The number of carbonyl (C=O) groups is 1. The Morgan fingerprint density at radius 1 is 1.22 bits per heavy atom. The van der Waals surface area contributed by atoms with E-state index in [2.05, 4.69) is 15.5 Å². The molecule has 0 bridgehead atoms. The van der Waals surface area contributed by atoms with Gasteiger partial charge in [0.1, 0.15) is 23.1 Å². The predicted octanol–water partition coefficient (Wildman–Crippen LogP) is 3.62. The maximum Gasteiger partial charge on any atom is 0.214 e. The third-order valence-corrected chi connectivity index (χ3v) is 4.88. The Morgan fingerprint density at radius 3 is 2.70 bits per heavy atom. The lowest BCUT2D eigenvalue weighted by Gasteiger charge is -2.13. The number of ketones is 1. The van der Waals surface area contributed by atoms with Gasteiger partial charge >= 0.3 is 0 Å². The number of Topliss-reactive ketones (excluding diaryl/α,β-unsaturated/α-hetero) is 1. The largest absolute Gasteiger partial charge is 0.494 e. The lowest BCUT2D eigenvalue weighted by Crippen LogP contribution is -2.16. The average Bonchev–Trinajstić information content (AvgIpc) is 3.09. The van der Waals surface area contributed by atoms with Crippen LogP contribution in [-0.4, -0.2) is 38.4 Å². The highest BCUT2D eigenvalue weighted by atomic mass is 32.2. The summed E-state index contributed by atoms with van der Waals surface area (Å²) in [7, 11) is 1.54. The van der Waals surface area contributed by atoms with E-state index in [0.29, 0.717) is 22.7 Å². The van der Waals surface area contributed by atoms with Crippen molar-refractivity contribution in [2.24, 2.45) is 0 Å². The molecular weight excluding hydrogens is 374 g/mol. The van der Waals surface area contributed by atoms with Crippen LogP contribution in [0.2, 0.25) is 0 Å². The quantitative estimate of drug-likeness (QED) is 0.473. The Balaban J connectivity index is 1.88. The fraction of sp³-hybridized carbons (Fsp3) is 0.222. The van der Waals surface area contributed by atoms with Crippen LogP contribution in [-0.2, 0) is 0 Å². The minimum Gasteiger partial charge on any atom is -0.494 e. The number of benzene rings is 2. The van der Waals surface area contributed by atoms with Crippen LogP contribution in [0.1, 0.15) is 22.8 Å². The molecule has 0 aliphatic carbocycles. The fourth-order valence-corrected chi connectivity index (χ4v) is 3.36. The summed E-state index contributed by atoms with van der Waals surface area (Å²) >= 11 is 1.07. The lowest BCUT2D eigenvalue weighted by molar-refractivity contribution is 0.0990. The molecule has 0 aliphatic rings. The average molecular weight is 390 g/mol. The molecule has 0 N–H and O–H groups in total. The summed E-state index contributed by atoms with van der Waals surface area (Å²) in [6, 6.07) is 8.41. The number of tetrazole rings is 1. The molecule has 1 atom stereocenters. The number of thioether (sulfide) groups is 1. The van der Waals surface area contributed by atoms with E-state index in [1.165, 1.54) is 11.8 Å². The van der Waals surface area contributed by atoms with Gasteiger partial charge in [0.2, 0.25) is 5.16 Å². The zero-order valence-corrected chi connectivity index (χ0v) is 15.6. The van der Waals surface area contributed by atoms with Gasteiger partial charge in [-0.15, -0.1) is 5.10 Å². The lowest BCUT2D eigenvalue weighted by atomic mass is 10.1. The SMILES string of the molecule is COc1ccc(C)cc1-n1nnnc1SC(C)C(=O)c1ccc(F)cc1F. The van der Waals surface area contributed by atoms with Gasteiger partial charge in [0.25, 0.3) is 0 Å². The third kappa shape index (κ3) is 3.97. The standard InChI is InChI=1S/C18H16F2N4O2S/c1-10-4-7-16(26-3)15(8-10)24-18(21-22-23-24)27-11(2)17(25)13-6-5-12(19)9-14(13)20/h4-9,11H,1-3H3. The highest BCUT2D eigenvalue weighted by Crippen LogP contribution is 2.30. The molecule has 6 nitrogen and oxygen atoms in total. The van der Waals surface area contributed by atoms with E-state index < -0.39 is 22.7 Å². The van der Waals surface area contributed by atoms with Crippen molar-refractivity contribution in [3.05, 3.63) is 59.2 Å². The minimum absolute atomic E-state index is 0.177. The summed E-state index contributed by atoms with van der Waals surface area (Å²) in [5, 5.41) is 11.3. The first-order chi connectivity index (χ1) is 12.9. The number of carbonyl (C=O) groups excluding carboxylic acids is 1. The van der Waals surface area contributed by atoms with Crippen LogP contribution < -0.4 is 4.74 Å². The van der Waals surface area contributed by atoms with E-state index in [1.807, 2.05) is 19.1 Å². The van der Waals surface area contributed by atoms with E-state index in [9.17, 15) is 13.6 Å². The first-order valence-electron chi connectivity index (χ1n) is 8.00. The van der Waals surface area contributed by atoms with Crippen molar-refractivity contribution in [2.45, 2.75) is 24.3 Å². The molecule has 27 heavy (non-hydrogen) atoms. The number of hydrogen-bond donors (Lipinski definition) is 0. The number of methoxy groups -OCH3 is 1. The van der Waals surface area contributed by atoms with Crippen LogP contribution in [0.5, 0.6) is 5.75 Å². The third-order valence-electron chi connectivity index (χ3n) is 3.85. The zero-order valence-electron chi connectivity index (χ0n) is 14.8. The summed E-state index contributed by atoms with van der Waals surface area (Å²) in [6.45, 7) is 3.53. The van der Waals surface area contributed by atoms with Crippen molar-refractivity contribution in [3.63, 3.8) is 0 Å². The second-order valence-electron chi connectivity index (χ2n) is 5.80. The fourth-order valence-electron chi connectivity index (χ4n) is 2.49. The van der Waals surface area contributed by atoms with Crippen molar-refractivity contribution in [1.82, 2.24) is 20.2 Å². The van der Waals surface area contributed by atoms with Crippen LogP contribution in [0.25, 0.3) is 5.69 Å². The topological polar surface area (TPSA) is 69.9 Å². The predicted molar refractivity (Wildman–Crippen MR) is 96.5 cm³/mol. The molecular formula is C18H16F2N4O2S. The first-order valence-corrected chi connectivity index (χ1v) is 8.88. The number of hydrogen-bond acceptors (Lipinski definition) is 6. The Labute approximate surface area is 158 Å². The van der Waals surface area contributed by atoms with Crippen LogP contribution >= 0.6 is 11.8 Å². The van der Waals surface area contributed by atoms with Crippen molar-refractivity contribution >= 4 is 17.5 Å². The summed E-state index contributed by atoms with van der Waals surface area (Å²) in [6.07, 6.45) is 0. The first kappa shape index (κ1) is 19.0. The highest BCUT2D eigenvalue weighted by Gasteiger charge is 2.24. The molecule has 0 fully saturated rings. The van der Waals surface area contributed by atoms with Gasteiger partial charge in [0.05, 0.1) is 17.9 Å². The van der Waals surface area contributed by atoms with Gasteiger partial charge in [0, 0.05) is 6.07 Å².